The zero-order chi connectivity index (χ0) is 11.9. The van der Waals surface area contributed by atoms with Crippen LogP contribution >= 0.6 is 38.5 Å². The minimum Gasteiger partial charge on any atom is -0.0928 e. The lowest BCUT2D eigenvalue weighted by molar-refractivity contribution is 0.567. The lowest BCUT2D eigenvalue weighted by Gasteiger charge is -2.00. The van der Waals surface area contributed by atoms with Gasteiger partial charge in [-0.1, -0.05) is 95.6 Å². The number of halogens is 2. The average molecular weight is 401 g/mol. The van der Waals surface area contributed by atoms with Gasteiger partial charge in [0, 0.05) is 9.76 Å². The molecule has 0 saturated heterocycles. The first-order chi connectivity index (χ1) is 7.91. The second-order valence-corrected chi connectivity index (χ2v) is 5.96. The standard InChI is InChI=1S/C14H26BrI/c15-13-11-9-7-5-3-1-2-4-6-8-10-12-14-16/h10,12H,1-9,11,13-14H2. The Labute approximate surface area is 124 Å². The van der Waals surface area contributed by atoms with E-state index in [1.165, 1.54) is 69.5 Å². The molecule has 0 fully saturated rings. The third-order valence-electron chi connectivity index (χ3n) is 2.76. The van der Waals surface area contributed by atoms with E-state index in [1.54, 1.807) is 0 Å². The molecule has 0 radical (unpaired) electrons. The van der Waals surface area contributed by atoms with Crippen LogP contribution in [-0.2, 0) is 0 Å². The minimum absolute atomic E-state index is 1.16. The molecule has 0 atom stereocenters. The molecule has 0 saturated carbocycles. The van der Waals surface area contributed by atoms with E-state index in [1.807, 2.05) is 0 Å². The molecule has 0 amide bonds. The highest BCUT2D eigenvalue weighted by molar-refractivity contribution is 14.1. The van der Waals surface area contributed by atoms with Crippen LogP contribution in [0.1, 0.15) is 64.2 Å². The fourth-order valence-corrected chi connectivity index (χ4v) is 2.53. The Hall–Kier alpha value is 0.950. The summed E-state index contributed by atoms with van der Waals surface area (Å²) in [6.07, 6.45) is 18.7. The second-order valence-electron chi connectivity index (χ2n) is 4.29. The van der Waals surface area contributed by atoms with Crippen LogP contribution in [0.4, 0.5) is 0 Å². The van der Waals surface area contributed by atoms with Crippen LogP contribution in [0.2, 0.25) is 0 Å². The third kappa shape index (κ3) is 14.9. The molecule has 0 aliphatic heterocycles. The van der Waals surface area contributed by atoms with Crippen LogP contribution in [0.3, 0.4) is 0 Å². The molecule has 96 valence electrons. The summed E-state index contributed by atoms with van der Waals surface area (Å²) in [6, 6.07) is 0. The molecule has 0 aliphatic rings. The monoisotopic (exact) mass is 400 g/mol. The summed E-state index contributed by atoms with van der Waals surface area (Å²) in [5, 5.41) is 1.18. The highest BCUT2D eigenvalue weighted by Crippen LogP contribution is 2.11. The number of hydrogen-bond donors (Lipinski definition) is 0. The van der Waals surface area contributed by atoms with Crippen LogP contribution in [0.5, 0.6) is 0 Å². The molecular weight excluding hydrogens is 375 g/mol. The van der Waals surface area contributed by atoms with Gasteiger partial charge in [-0.05, 0) is 19.3 Å². The zero-order valence-electron chi connectivity index (χ0n) is 10.4. The number of alkyl halides is 2. The Kier molecular flexibility index (Phi) is 16.9. The van der Waals surface area contributed by atoms with Crippen LogP contribution in [-0.4, -0.2) is 9.76 Å². The van der Waals surface area contributed by atoms with Crippen molar-refractivity contribution in [3.05, 3.63) is 12.2 Å². The van der Waals surface area contributed by atoms with Gasteiger partial charge in [0.25, 0.3) is 0 Å². The molecular formula is C14H26BrI. The molecule has 0 N–H and O–H groups in total. The summed E-state index contributed by atoms with van der Waals surface area (Å²) >= 11 is 5.86. The second kappa shape index (κ2) is 16.0. The van der Waals surface area contributed by atoms with Gasteiger partial charge in [-0.25, -0.2) is 0 Å². The van der Waals surface area contributed by atoms with Gasteiger partial charge in [-0.2, -0.15) is 0 Å². The summed E-state index contributed by atoms with van der Waals surface area (Å²) < 4.78 is 1.16. The van der Waals surface area contributed by atoms with Crippen molar-refractivity contribution in [2.75, 3.05) is 9.76 Å². The molecule has 0 rings (SSSR count). The van der Waals surface area contributed by atoms with E-state index in [2.05, 4.69) is 50.7 Å². The average Bonchev–Trinajstić information content (AvgIpc) is 2.31. The topological polar surface area (TPSA) is 0 Å². The van der Waals surface area contributed by atoms with Gasteiger partial charge in [0.05, 0.1) is 0 Å². The SMILES string of the molecule is BrCCCCCCCCCCCC=CCI. The summed E-state index contributed by atoms with van der Waals surface area (Å²) in [5.74, 6) is 0. The molecule has 16 heavy (non-hydrogen) atoms. The molecule has 0 aromatic rings. The quantitative estimate of drug-likeness (QED) is 0.156. The van der Waals surface area contributed by atoms with E-state index in [0.29, 0.717) is 0 Å². The Bertz CT molecular complexity index is 146. The highest BCUT2D eigenvalue weighted by atomic mass is 127. The summed E-state index contributed by atoms with van der Waals surface area (Å²) in [7, 11) is 0. The lowest BCUT2D eigenvalue weighted by Crippen LogP contribution is -1.82. The van der Waals surface area contributed by atoms with E-state index in [-0.39, 0.29) is 0 Å². The van der Waals surface area contributed by atoms with E-state index in [4.69, 9.17) is 0 Å². The fourth-order valence-electron chi connectivity index (χ4n) is 1.77. The van der Waals surface area contributed by atoms with Gasteiger partial charge < -0.3 is 0 Å². The van der Waals surface area contributed by atoms with Crippen LogP contribution < -0.4 is 0 Å². The summed E-state index contributed by atoms with van der Waals surface area (Å²) in [4.78, 5) is 0. The maximum absolute atomic E-state index is 3.47. The van der Waals surface area contributed by atoms with Gasteiger partial charge in [-0.3, -0.25) is 0 Å². The first kappa shape index (κ1) is 16.9. The van der Waals surface area contributed by atoms with Crippen molar-refractivity contribution in [1.82, 2.24) is 0 Å². The van der Waals surface area contributed by atoms with Gasteiger partial charge >= 0.3 is 0 Å². The molecule has 0 spiro atoms. The fraction of sp³-hybridized carbons (Fsp3) is 0.857. The number of rotatable bonds is 12. The molecule has 0 heterocycles. The maximum Gasteiger partial charge on any atom is 0.0175 e. The van der Waals surface area contributed by atoms with Gasteiger partial charge in [0.1, 0.15) is 0 Å². The maximum atomic E-state index is 3.47. The van der Waals surface area contributed by atoms with Crippen LogP contribution in [0, 0.1) is 0 Å². The molecule has 2 heteroatoms. The molecule has 0 aliphatic carbocycles. The van der Waals surface area contributed by atoms with Crippen molar-refractivity contribution in [3.63, 3.8) is 0 Å². The highest BCUT2D eigenvalue weighted by Gasteiger charge is 1.91. The van der Waals surface area contributed by atoms with Crippen molar-refractivity contribution in [2.45, 2.75) is 64.2 Å². The largest absolute Gasteiger partial charge is 0.0928 e. The molecule has 0 nitrogen and oxygen atoms in total. The number of unbranched alkanes of at least 4 members (excludes halogenated alkanes) is 9. The normalized spacial score (nSPS) is 11.4. The predicted octanol–water partition coefficient (Wildman–Crippen LogP) is 6.27. The molecule has 0 unspecified atom stereocenters. The lowest BCUT2D eigenvalue weighted by atomic mass is 10.1. The minimum atomic E-state index is 1.16. The van der Waals surface area contributed by atoms with Crippen LogP contribution in [0.15, 0.2) is 12.2 Å². The Morgan fingerprint density at radius 3 is 1.69 bits per heavy atom. The van der Waals surface area contributed by atoms with Gasteiger partial charge in [-0.15, -0.1) is 0 Å². The zero-order valence-corrected chi connectivity index (χ0v) is 14.1. The first-order valence-electron chi connectivity index (χ1n) is 6.68. The van der Waals surface area contributed by atoms with Crippen molar-refractivity contribution < 1.29 is 0 Å². The third-order valence-corrected chi connectivity index (χ3v) is 3.83. The van der Waals surface area contributed by atoms with E-state index in [0.717, 1.165) is 4.43 Å². The predicted molar refractivity (Wildman–Crippen MR) is 88.0 cm³/mol. The van der Waals surface area contributed by atoms with Gasteiger partial charge in [0.15, 0.2) is 0 Å². The van der Waals surface area contributed by atoms with Crippen molar-refractivity contribution in [2.24, 2.45) is 0 Å². The summed E-state index contributed by atoms with van der Waals surface area (Å²) in [5.41, 5.74) is 0. The van der Waals surface area contributed by atoms with Crippen molar-refractivity contribution in [3.8, 4) is 0 Å². The van der Waals surface area contributed by atoms with E-state index < -0.39 is 0 Å². The first-order valence-corrected chi connectivity index (χ1v) is 9.33. The number of allylic oxidation sites excluding steroid dienone is 2. The summed E-state index contributed by atoms with van der Waals surface area (Å²) in [6.45, 7) is 0. The smallest absolute Gasteiger partial charge is 0.0175 e. The van der Waals surface area contributed by atoms with E-state index >= 15 is 0 Å². The Morgan fingerprint density at radius 1 is 0.688 bits per heavy atom. The molecule has 0 bridgehead atoms. The Morgan fingerprint density at radius 2 is 1.19 bits per heavy atom. The number of hydrogen-bond acceptors (Lipinski definition) is 0. The molecule has 0 aromatic heterocycles. The van der Waals surface area contributed by atoms with Crippen molar-refractivity contribution >= 4 is 38.5 Å². The van der Waals surface area contributed by atoms with Gasteiger partial charge in [0.2, 0.25) is 0 Å². The Balaban J connectivity index is 2.90. The van der Waals surface area contributed by atoms with E-state index in [9.17, 15) is 0 Å². The van der Waals surface area contributed by atoms with Crippen molar-refractivity contribution in [1.29, 1.82) is 0 Å². The van der Waals surface area contributed by atoms with Crippen LogP contribution in [0.25, 0.3) is 0 Å². The molecule has 0 aromatic carbocycles.